The second-order valence-corrected chi connectivity index (χ2v) is 2.77. The average molecular weight is 234 g/mol. The first-order chi connectivity index (χ1) is 5.66. The smallest absolute Gasteiger partial charge is 0.358 e. The van der Waals surface area contributed by atoms with Gasteiger partial charge in [-0.05, 0) is 22.9 Å². The van der Waals surface area contributed by atoms with E-state index in [4.69, 9.17) is 10.5 Å². The van der Waals surface area contributed by atoms with Crippen LogP contribution < -0.4 is 5.73 Å². The van der Waals surface area contributed by atoms with Crippen molar-refractivity contribution in [3.05, 3.63) is 10.3 Å². The van der Waals surface area contributed by atoms with E-state index in [-0.39, 0.29) is 11.4 Å². The number of nitrogens with one attached hydrogen (secondary N) is 1. The number of nitrogen functional groups attached to an aromatic ring is 1. The minimum absolute atomic E-state index is 0.184. The number of carbonyl (C=O) groups is 1. The van der Waals surface area contributed by atoms with E-state index in [2.05, 4.69) is 26.1 Å². The highest BCUT2D eigenvalue weighted by Gasteiger charge is 2.15. The molecule has 6 heteroatoms. The summed E-state index contributed by atoms with van der Waals surface area (Å²) < 4.78 is 5.13. The van der Waals surface area contributed by atoms with Crippen LogP contribution >= 0.6 is 15.9 Å². The van der Waals surface area contributed by atoms with Gasteiger partial charge in [0.05, 0.1) is 12.3 Å². The quantitative estimate of drug-likeness (QED) is 0.746. The summed E-state index contributed by atoms with van der Waals surface area (Å²) in [6.07, 6.45) is 0. The highest BCUT2D eigenvalue weighted by Crippen LogP contribution is 2.19. The molecular formula is C6H8BrN3O2. The van der Waals surface area contributed by atoms with Crippen LogP contribution in [0.25, 0.3) is 0 Å². The van der Waals surface area contributed by atoms with E-state index < -0.39 is 5.97 Å². The second-order valence-electron chi connectivity index (χ2n) is 2.02. The number of hydrogen-bond donors (Lipinski definition) is 2. The van der Waals surface area contributed by atoms with Crippen molar-refractivity contribution in [1.29, 1.82) is 0 Å². The largest absolute Gasteiger partial charge is 0.461 e. The molecule has 0 aliphatic heterocycles. The van der Waals surface area contributed by atoms with Crippen molar-refractivity contribution in [3.63, 3.8) is 0 Å². The highest BCUT2D eigenvalue weighted by atomic mass is 79.9. The first-order valence-corrected chi connectivity index (χ1v) is 4.12. The molecule has 0 aromatic carbocycles. The number of H-pyrrole nitrogens is 1. The number of rotatable bonds is 2. The normalized spacial score (nSPS) is 9.83. The first kappa shape index (κ1) is 9.05. The summed E-state index contributed by atoms with van der Waals surface area (Å²) >= 11 is 3.06. The van der Waals surface area contributed by atoms with Crippen molar-refractivity contribution >= 4 is 27.6 Å². The number of hydrogen-bond acceptors (Lipinski definition) is 4. The Balaban J connectivity index is 2.88. The topological polar surface area (TPSA) is 81.0 Å². The van der Waals surface area contributed by atoms with Gasteiger partial charge in [-0.3, -0.25) is 5.10 Å². The van der Waals surface area contributed by atoms with Gasteiger partial charge in [-0.25, -0.2) is 4.79 Å². The predicted molar refractivity (Wildman–Crippen MR) is 46.7 cm³/mol. The Morgan fingerprint density at radius 3 is 2.92 bits per heavy atom. The van der Waals surface area contributed by atoms with Gasteiger partial charge >= 0.3 is 5.97 Å². The number of nitrogens with zero attached hydrogens (tertiary/aromatic N) is 1. The van der Waals surface area contributed by atoms with Crippen molar-refractivity contribution < 1.29 is 9.53 Å². The minimum Gasteiger partial charge on any atom is -0.461 e. The van der Waals surface area contributed by atoms with Crippen molar-refractivity contribution in [3.8, 4) is 0 Å². The maximum atomic E-state index is 11.1. The van der Waals surface area contributed by atoms with Gasteiger partial charge in [-0.2, -0.15) is 5.10 Å². The fourth-order valence-electron chi connectivity index (χ4n) is 0.687. The lowest BCUT2D eigenvalue weighted by Crippen LogP contribution is -2.07. The van der Waals surface area contributed by atoms with Gasteiger partial charge in [-0.15, -0.1) is 0 Å². The molecule has 1 aromatic rings. The summed E-state index contributed by atoms with van der Waals surface area (Å²) in [6, 6.07) is 0. The molecule has 0 spiro atoms. The molecule has 1 heterocycles. The maximum absolute atomic E-state index is 11.1. The van der Waals surface area contributed by atoms with Crippen molar-refractivity contribution in [2.45, 2.75) is 6.92 Å². The molecule has 12 heavy (non-hydrogen) atoms. The molecule has 1 aromatic heterocycles. The van der Waals surface area contributed by atoms with E-state index in [9.17, 15) is 4.79 Å². The van der Waals surface area contributed by atoms with Gasteiger partial charge in [0.15, 0.2) is 10.3 Å². The fourth-order valence-corrected chi connectivity index (χ4v) is 0.974. The molecule has 0 saturated carbocycles. The number of carbonyl (C=O) groups excluding carboxylic acids is 1. The van der Waals surface area contributed by atoms with Crippen molar-refractivity contribution in [1.82, 2.24) is 10.2 Å². The predicted octanol–water partition coefficient (Wildman–Crippen LogP) is 0.931. The van der Waals surface area contributed by atoms with E-state index >= 15 is 0 Å². The van der Waals surface area contributed by atoms with Crippen LogP contribution in [0.3, 0.4) is 0 Å². The second kappa shape index (κ2) is 3.57. The van der Waals surface area contributed by atoms with Crippen LogP contribution in [-0.2, 0) is 4.74 Å². The highest BCUT2D eigenvalue weighted by molar-refractivity contribution is 9.10. The molecule has 0 saturated heterocycles. The molecule has 5 nitrogen and oxygen atoms in total. The zero-order valence-corrected chi connectivity index (χ0v) is 8.01. The van der Waals surface area contributed by atoms with Crippen LogP contribution in [0.2, 0.25) is 0 Å². The van der Waals surface area contributed by atoms with E-state index in [0.29, 0.717) is 11.2 Å². The number of ether oxygens (including phenoxy) is 1. The third kappa shape index (κ3) is 1.58. The number of anilines is 1. The average Bonchev–Trinajstić information content (AvgIpc) is 2.34. The number of halogens is 1. The molecular weight excluding hydrogens is 226 g/mol. The van der Waals surface area contributed by atoms with Gasteiger partial charge in [0.25, 0.3) is 0 Å². The lowest BCUT2D eigenvalue weighted by atomic mass is 10.4. The number of esters is 1. The summed E-state index contributed by atoms with van der Waals surface area (Å²) in [4.78, 5) is 11.1. The SMILES string of the molecule is CCOC(=O)c1[nH]nc(Br)c1N. The fraction of sp³-hybridized carbons (Fsp3) is 0.333. The molecule has 0 unspecified atom stereocenters. The molecule has 0 aliphatic rings. The van der Waals surface area contributed by atoms with Gasteiger partial charge in [0.2, 0.25) is 0 Å². The lowest BCUT2D eigenvalue weighted by Gasteiger charge is -1.98. The van der Waals surface area contributed by atoms with Crippen molar-refractivity contribution in [2.75, 3.05) is 12.3 Å². The number of aromatic nitrogens is 2. The first-order valence-electron chi connectivity index (χ1n) is 3.33. The third-order valence-corrected chi connectivity index (χ3v) is 1.84. The summed E-state index contributed by atoms with van der Waals surface area (Å²) in [6.45, 7) is 2.04. The van der Waals surface area contributed by atoms with Crippen LogP contribution in [0.15, 0.2) is 4.60 Å². The summed E-state index contributed by atoms with van der Waals surface area (Å²) in [7, 11) is 0. The zero-order valence-electron chi connectivity index (χ0n) is 6.43. The monoisotopic (exact) mass is 233 g/mol. The van der Waals surface area contributed by atoms with Crippen LogP contribution in [0.5, 0.6) is 0 Å². The van der Waals surface area contributed by atoms with Crippen LogP contribution in [0.1, 0.15) is 17.4 Å². The summed E-state index contributed by atoms with van der Waals surface area (Å²) in [5, 5.41) is 6.15. The van der Waals surface area contributed by atoms with Gasteiger partial charge < -0.3 is 10.5 Å². The third-order valence-electron chi connectivity index (χ3n) is 1.24. The Kier molecular flexibility index (Phi) is 2.69. The van der Waals surface area contributed by atoms with E-state index in [0.717, 1.165) is 0 Å². The van der Waals surface area contributed by atoms with Crippen LogP contribution in [-0.4, -0.2) is 22.8 Å². The Bertz CT molecular complexity index is 297. The van der Waals surface area contributed by atoms with Crippen LogP contribution in [0, 0.1) is 0 Å². The molecule has 66 valence electrons. The van der Waals surface area contributed by atoms with Crippen LogP contribution in [0.4, 0.5) is 5.69 Å². The number of nitrogens with two attached hydrogens (primary N) is 1. The number of aromatic amines is 1. The maximum Gasteiger partial charge on any atom is 0.358 e. The zero-order chi connectivity index (χ0) is 9.14. The molecule has 0 atom stereocenters. The Morgan fingerprint density at radius 2 is 2.50 bits per heavy atom. The molecule has 0 aliphatic carbocycles. The minimum atomic E-state index is -0.492. The molecule has 1 rings (SSSR count). The Labute approximate surface area is 77.4 Å². The van der Waals surface area contributed by atoms with E-state index in [1.54, 1.807) is 6.92 Å². The Hall–Kier alpha value is -1.04. The lowest BCUT2D eigenvalue weighted by molar-refractivity contribution is 0.0520. The van der Waals surface area contributed by atoms with Gasteiger partial charge in [0.1, 0.15) is 0 Å². The summed E-state index contributed by atoms with van der Waals surface area (Å²) in [5.41, 5.74) is 5.95. The van der Waals surface area contributed by atoms with Crippen molar-refractivity contribution in [2.24, 2.45) is 0 Å². The van der Waals surface area contributed by atoms with Gasteiger partial charge in [-0.1, -0.05) is 0 Å². The molecule has 0 fully saturated rings. The Morgan fingerprint density at radius 1 is 1.83 bits per heavy atom. The molecule has 0 amide bonds. The molecule has 3 N–H and O–H groups in total. The van der Waals surface area contributed by atoms with E-state index in [1.807, 2.05) is 0 Å². The molecule has 0 radical (unpaired) electrons. The van der Waals surface area contributed by atoms with E-state index in [1.165, 1.54) is 0 Å². The van der Waals surface area contributed by atoms with Gasteiger partial charge in [0, 0.05) is 0 Å². The molecule has 0 bridgehead atoms. The summed E-state index contributed by atoms with van der Waals surface area (Å²) in [5.74, 6) is -0.492. The standard InChI is InChI=1S/C6H8BrN3O2/c1-2-12-6(11)4-3(8)5(7)10-9-4/h2,8H2,1H3,(H,9,10).